The lowest BCUT2D eigenvalue weighted by atomic mass is 9.87. The molecule has 0 spiro atoms. The van der Waals surface area contributed by atoms with Gasteiger partial charge in [-0.3, -0.25) is 0 Å². The van der Waals surface area contributed by atoms with E-state index in [4.69, 9.17) is 0 Å². The maximum atomic E-state index is 4.39. The van der Waals surface area contributed by atoms with Gasteiger partial charge in [-0.15, -0.1) is 11.3 Å². The van der Waals surface area contributed by atoms with E-state index in [2.05, 4.69) is 40.6 Å². The molecule has 0 bridgehead atoms. The van der Waals surface area contributed by atoms with Crippen molar-refractivity contribution in [2.75, 3.05) is 5.32 Å². The molecule has 1 aliphatic rings. The summed E-state index contributed by atoms with van der Waals surface area (Å²) in [4.78, 5) is 9.74. The standard InChI is InChI=1S/C13H17N3S/c1-13(2)6-3-4-10(13)16-11-9-5-7-17-12(9)15-8-14-11/h5,7-8,10H,3-4,6H2,1-2H3,(H,14,15,16). The van der Waals surface area contributed by atoms with Gasteiger partial charge in [-0.25, -0.2) is 9.97 Å². The van der Waals surface area contributed by atoms with Gasteiger partial charge >= 0.3 is 0 Å². The molecule has 1 fully saturated rings. The molecule has 1 saturated carbocycles. The topological polar surface area (TPSA) is 37.8 Å². The van der Waals surface area contributed by atoms with Crippen LogP contribution in [0.2, 0.25) is 0 Å². The molecule has 4 heteroatoms. The number of aromatic nitrogens is 2. The van der Waals surface area contributed by atoms with Gasteiger partial charge in [0.1, 0.15) is 17.0 Å². The minimum atomic E-state index is 0.368. The molecule has 2 aromatic rings. The molecule has 0 aliphatic heterocycles. The third-order valence-electron chi connectivity index (χ3n) is 3.83. The van der Waals surface area contributed by atoms with Gasteiger partial charge in [-0.2, -0.15) is 0 Å². The van der Waals surface area contributed by atoms with Crippen LogP contribution in [0, 0.1) is 5.41 Å². The number of thiophene rings is 1. The quantitative estimate of drug-likeness (QED) is 0.879. The lowest BCUT2D eigenvalue weighted by molar-refractivity contribution is 0.349. The fourth-order valence-electron chi connectivity index (χ4n) is 2.66. The zero-order chi connectivity index (χ0) is 11.9. The molecule has 3 rings (SSSR count). The minimum Gasteiger partial charge on any atom is -0.366 e. The number of rotatable bonds is 2. The number of nitrogens with one attached hydrogen (secondary N) is 1. The molecule has 0 amide bonds. The van der Waals surface area contributed by atoms with Gasteiger partial charge in [0, 0.05) is 6.04 Å². The Morgan fingerprint density at radius 2 is 2.29 bits per heavy atom. The summed E-state index contributed by atoms with van der Waals surface area (Å²) in [5.74, 6) is 0.997. The Hall–Kier alpha value is -1.16. The fourth-order valence-corrected chi connectivity index (χ4v) is 3.40. The smallest absolute Gasteiger partial charge is 0.138 e. The average Bonchev–Trinajstić information content (AvgIpc) is 2.86. The molecule has 1 atom stereocenters. The van der Waals surface area contributed by atoms with E-state index in [1.807, 2.05) is 0 Å². The van der Waals surface area contributed by atoms with Crippen LogP contribution in [0.4, 0.5) is 5.82 Å². The largest absolute Gasteiger partial charge is 0.366 e. The molecule has 3 nitrogen and oxygen atoms in total. The highest BCUT2D eigenvalue weighted by Gasteiger charge is 2.34. The molecule has 2 heterocycles. The SMILES string of the molecule is CC1(C)CCCC1Nc1ncnc2sccc12. The Labute approximate surface area is 105 Å². The molecular formula is C13H17N3S. The van der Waals surface area contributed by atoms with Crippen LogP contribution in [-0.4, -0.2) is 16.0 Å². The summed E-state index contributed by atoms with van der Waals surface area (Å²) in [7, 11) is 0. The van der Waals surface area contributed by atoms with Crippen LogP contribution >= 0.6 is 11.3 Å². The van der Waals surface area contributed by atoms with Crippen molar-refractivity contribution in [3.8, 4) is 0 Å². The Kier molecular flexibility index (Phi) is 2.54. The van der Waals surface area contributed by atoms with E-state index in [0.29, 0.717) is 11.5 Å². The molecule has 1 N–H and O–H groups in total. The van der Waals surface area contributed by atoms with Gasteiger partial charge in [0.05, 0.1) is 5.39 Å². The van der Waals surface area contributed by atoms with Crippen LogP contribution in [-0.2, 0) is 0 Å². The summed E-state index contributed by atoms with van der Waals surface area (Å²) in [5.41, 5.74) is 0.368. The Balaban J connectivity index is 1.92. The zero-order valence-electron chi connectivity index (χ0n) is 10.2. The second-order valence-electron chi connectivity index (χ2n) is 5.44. The van der Waals surface area contributed by atoms with Crippen molar-refractivity contribution in [1.29, 1.82) is 0 Å². The van der Waals surface area contributed by atoms with E-state index in [1.54, 1.807) is 17.7 Å². The number of nitrogens with zero attached hydrogens (tertiary/aromatic N) is 2. The summed E-state index contributed by atoms with van der Waals surface area (Å²) < 4.78 is 0. The summed E-state index contributed by atoms with van der Waals surface area (Å²) in [6, 6.07) is 2.63. The highest BCUT2D eigenvalue weighted by Crippen LogP contribution is 2.39. The van der Waals surface area contributed by atoms with Crippen molar-refractivity contribution in [2.24, 2.45) is 5.41 Å². The van der Waals surface area contributed by atoms with Gasteiger partial charge in [-0.05, 0) is 29.7 Å². The molecule has 17 heavy (non-hydrogen) atoms. The molecule has 1 unspecified atom stereocenters. The number of fused-ring (bicyclic) bond motifs is 1. The maximum absolute atomic E-state index is 4.39. The molecule has 0 radical (unpaired) electrons. The first kappa shape index (κ1) is 11.0. The van der Waals surface area contributed by atoms with E-state index in [9.17, 15) is 0 Å². The number of hydrogen-bond donors (Lipinski definition) is 1. The molecule has 1 aliphatic carbocycles. The summed E-state index contributed by atoms with van der Waals surface area (Å²) in [6.07, 6.45) is 5.50. The molecule has 2 aromatic heterocycles. The van der Waals surface area contributed by atoms with Crippen LogP contribution in [0.15, 0.2) is 17.8 Å². The van der Waals surface area contributed by atoms with Crippen LogP contribution in [0.3, 0.4) is 0 Å². The number of hydrogen-bond acceptors (Lipinski definition) is 4. The molecule has 90 valence electrons. The van der Waals surface area contributed by atoms with Gasteiger partial charge in [-0.1, -0.05) is 20.3 Å². The molecule has 0 saturated heterocycles. The predicted molar refractivity (Wildman–Crippen MR) is 72.5 cm³/mol. The van der Waals surface area contributed by atoms with E-state index >= 15 is 0 Å². The van der Waals surface area contributed by atoms with Crippen LogP contribution in [0.25, 0.3) is 10.2 Å². The zero-order valence-corrected chi connectivity index (χ0v) is 11.0. The maximum Gasteiger partial charge on any atom is 0.138 e. The Morgan fingerprint density at radius 3 is 3.06 bits per heavy atom. The highest BCUT2D eigenvalue weighted by atomic mass is 32.1. The van der Waals surface area contributed by atoms with Crippen molar-refractivity contribution >= 4 is 27.4 Å². The van der Waals surface area contributed by atoms with Gasteiger partial charge in [0.2, 0.25) is 0 Å². The van der Waals surface area contributed by atoms with Crippen LogP contribution in [0.1, 0.15) is 33.1 Å². The van der Waals surface area contributed by atoms with E-state index in [1.165, 1.54) is 19.3 Å². The van der Waals surface area contributed by atoms with Crippen LogP contribution in [0.5, 0.6) is 0 Å². The third-order valence-corrected chi connectivity index (χ3v) is 4.65. The van der Waals surface area contributed by atoms with Gasteiger partial charge in [0.25, 0.3) is 0 Å². The summed E-state index contributed by atoms with van der Waals surface area (Å²) >= 11 is 1.67. The van der Waals surface area contributed by atoms with E-state index in [0.717, 1.165) is 16.0 Å². The van der Waals surface area contributed by atoms with Crippen molar-refractivity contribution in [3.05, 3.63) is 17.8 Å². The first-order valence-corrected chi connectivity index (χ1v) is 6.99. The monoisotopic (exact) mass is 247 g/mol. The molecular weight excluding hydrogens is 230 g/mol. The Morgan fingerprint density at radius 1 is 1.41 bits per heavy atom. The van der Waals surface area contributed by atoms with E-state index < -0.39 is 0 Å². The first-order valence-electron chi connectivity index (χ1n) is 6.11. The van der Waals surface area contributed by atoms with Gasteiger partial charge in [0.15, 0.2) is 0 Å². The van der Waals surface area contributed by atoms with E-state index in [-0.39, 0.29) is 0 Å². The van der Waals surface area contributed by atoms with Crippen molar-refractivity contribution in [3.63, 3.8) is 0 Å². The Bertz CT molecular complexity index is 532. The fraction of sp³-hybridized carbons (Fsp3) is 0.538. The normalized spacial score (nSPS) is 23.1. The first-order chi connectivity index (χ1) is 8.17. The third kappa shape index (κ3) is 1.90. The highest BCUT2D eigenvalue weighted by molar-refractivity contribution is 7.16. The average molecular weight is 247 g/mol. The van der Waals surface area contributed by atoms with Crippen molar-refractivity contribution < 1.29 is 0 Å². The van der Waals surface area contributed by atoms with Crippen LogP contribution < -0.4 is 5.32 Å². The molecule has 0 aromatic carbocycles. The minimum absolute atomic E-state index is 0.368. The predicted octanol–water partition coefficient (Wildman–Crippen LogP) is 3.68. The lowest BCUT2D eigenvalue weighted by Crippen LogP contribution is -2.31. The van der Waals surface area contributed by atoms with Crippen molar-refractivity contribution in [2.45, 2.75) is 39.2 Å². The second-order valence-corrected chi connectivity index (χ2v) is 6.33. The lowest BCUT2D eigenvalue weighted by Gasteiger charge is -2.28. The van der Waals surface area contributed by atoms with Gasteiger partial charge < -0.3 is 5.32 Å². The summed E-state index contributed by atoms with van der Waals surface area (Å²) in [5, 5.41) is 6.84. The summed E-state index contributed by atoms with van der Waals surface area (Å²) in [6.45, 7) is 4.67. The van der Waals surface area contributed by atoms with Crippen molar-refractivity contribution in [1.82, 2.24) is 9.97 Å². The number of anilines is 1. The second kappa shape index (κ2) is 3.95.